The Kier molecular flexibility index (Phi) is 5.89. The quantitative estimate of drug-likeness (QED) is 0.450. The SMILES string of the molecule is C=CCc1ccccc1Nc1ccc(Nc2ccccc2CC=C)cc1. The van der Waals surface area contributed by atoms with Crippen LogP contribution in [0.25, 0.3) is 0 Å². The van der Waals surface area contributed by atoms with E-state index in [1.54, 1.807) is 0 Å². The van der Waals surface area contributed by atoms with Gasteiger partial charge in [0.25, 0.3) is 0 Å². The zero-order chi connectivity index (χ0) is 18.2. The van der Waals surface area contributed by atoms with Gasteiger partial charge in [-0.15, -0.1) is 13.2 Å². The van der Waals surface area contributed by atoms with E-state index in [1.807, 2.05) is 24.3 Å². The summed E-state index contributed by atoms with van der Waals surface area (Å²) < 4.78 is 0. The predicted octanol–water partition coefficient (Wildman–Crippen LogP) is 6.63. The maximum atomic E-state index is 3.83. The van der Waals surface area contributed by atoms with Crippen molar-refractivity contribution in [3.05, 3.63) is 109 Å². The van der Waals surface area contributed by atoms with Crippen LogP contribution in [0.15, 0.2) is 98.1 Å². The van der Waals surface area contributed by atoms with Gasteiger partial charge in [0, 0.05) is 22.7 Å². The van der Waals surface area contributed by atoms with Crippen LogP contribution in [-0.4, -0.2) is 0 Å². The van der Waals surface area contributed by atoms with E-state index in [4.69, 9.17) is 0 Å². The second-order valence-corrected chi connectivity index (χ2v) is 6.13. The van der Waals surface area contributed by atoms with Crippen LogP contribution in [0.4, 0.5) is 22.7 Å². The molecule has 0 aliphatic heterocycles. The van der Waals surface area contributed by atoms with Crippen molar-refractivity contribution in [2.45, 2.75) is 12.8 Å². The standard InChI is InChI=1S/C24H24N2/c1-3-9-19-11-5-7-13-23(19)25-21-15-17-22(18-16-21)26-24-14-8-6-12-20(24)10-4-2/h3-8,11-18,25-26H,1-2,9-10H2. The fourth-order valence-corrected chi connectivity index (χ4v) is 2.90. The molecule has 0 amide bonds. The van der Waals surface area contributed by atoms with Crippen molar-refractivity contribution in [2.24, 2.45) is 0 Å². The molecule has 0 aliphatic carbocycles. The fourth-order valence-electron chi connectivity index (χ4n) is 2.90. The highest BCUT2D eigenvalue weighted by Gasteiger charge is 2.03. The number of benzene rings is 3. The van der Waals surface area contributed by atoms with Crippen LogP contribution in [0.5, 0.6) is 0 Å². The minimum absolute atomic E-state index is 0.850. The summed E-state index contributed by atoms with van der Waals surface area (Å²) >= 11 is 0. The van der Waals surface area contributed by atoms with Crippen molar-refractivity contribution in [2.75, 3.05) is 10.6 Å². The van der Waals surface area contributed by atoms with Gasteiger partial charge in [0.2, 0.25) is 0 Å². The summed E-state index contributed by atoms with van der Waals surface area (Å²) in [6.07, 6.45) is 5.55. The monoisotopic (exact) mass is 340 g/mol. The Labute approximate surface area is 155 Å². The lowest BCUT2D eigenvalue weighted by molar-refractivity contribution is 1.27. The summed E-state index contributed by atoms with van der Waals surface area (Å²) in [6, 6.07) is 25.0. The lowest BCUT2D eigenvalue weighted by atomic mass is 10.1. The molecule has 3 aromatic rings. The molecule has 0 bridgehead atoms. The van der Waals surface area contributed by atoms with E-state index < -0.39 is 0 Å². The van der Waals surface area contributed by atoms with E-state index in [9.17, 15) is 0 Å². The van der Waals surface area contributed by atoms with Gasteiger partial charge < -0.3 is 10.6 Å². The fraction of sp³-hybridized carbons (Fsp3) is 0.0833. The van der Waals surface area contributed by atoms with Crippen LogP contribution in [0.3, 0.4) is 0 Å². The topological polar surface area (TPSA) is 24.1 Å². The predicted molar refractivity (Wildman–Crippen MR) is 114 cm³/mol. The van der Waals surface area contributed by atoms with E-state index in [0.29, 0.717) is 0 Å². The first-order valence-electron chi connectivity index (χ1n) is 8.82. The number of anilines is 4. The first kappa shape index (κ1) is 17.6. The van der Waals surface area contributed by atoms with Crippen LogP contribution < -0.4 is 10.6 Å². The van der Waals surface area contributed by atoms with E-state index in [2.05, 4.69) is 84.5 Å². The Balaban J connectivity index is 1.73. The smallest absolute Gasteiger partial charge is 0.0419 e. The first-order valence-corrected chi connectivity index (χ1v) is 8.82. The van der Waals surface area contributed by atoms with Crippen LogP contribution in [-0.2, 0) is 12.8 Å². The number of hydrogen-bond acceptors (Lipinski definition) is 2. The lowest BCUT2D eigenvalue weighted by Crippen LogP contribution is -1.97. The van der Waals surface area contributed by atoms with E-state index in [-0.39, 0.29) is 0 Å². The zero-order valence-corrected chi connectivity index (χ0v) is 14.9. The molecule has 0 radical (unpaired) electrons. The molecule has 0 fully saturated rings. The molecule has 2 N–H and O–H groups in total. The first-order chi connectivity index (χ1) is 12.8. The minimum Gasteiger partial charge on any atom is -0.355 e. The third-order valence-electron chi connectivity index (χ3n) is 4.21. The van der Waals surface area contributed by atoms with Crippen molar-refractivity contribution in [1.82, 2.24) is 0 Å². The maximum absolute atomic E-state index is 3.83. The number of hydrogen-bond donors (Lipinski definition) is 2. The highest BCUT2D eigenvalue weighted by Crippen LogP contribution is 2.25. The lowest BCUT2D eigenvalue weighted by Gasteiger charge is -2.13. The van der Waals surface area contributed by atoms with Crippen LogP contribution >= 0.6 is 0 Å². The third-order valence-corrected chi connectivity index (χ3v) is 4.21. The number of allylic oxidation sites excluding steroid dienone is 2. The minimum atomic E-state index is 0.850. The van der Waals surface area contributed by atoms with Gasteiger partial charge >= 0.3 is 0 Å². The van der Waals surface area contributed by atoms with Crippen molar-refractivity contribution in [1.29, 1.82) is 0 Å². The number of para-hydroxylation sites is 2. The van der Waals surface area contributed by atoms with Crippen molar-refractivity contribution >= 4 is 22.7 Å². The van der Waals surface area contributed by atoms with Gasteiger partial charge in [0.05, 0.1) is 0 Å². The average molecular weight is 340 g/mol. The average Bonchev–Trinajstić information content (AvgIpc) is 2.67. The number of rotatable bonds is 8. The second-order valence-electron chi connectivity index (χ2n) is 6.13. The highest BCUT2D eigenvalue weighted by molar-refractivity contribution is 5.68. The Morgan fingerprint density at radius 1 is 0.577 bits per heavy atom. The highest BCUT2D eigenvalue weighted by atomic mass is 14.9. The molecule has 2 heteroatoms. The molecule has 0 aromatic heterocycles. The largest absolute Gasteiger partial charge is 0.355 e. The van der Waals surface area contributed by atoms with Gasteiger partial charge in [0.15, 0.2) is 0 Å². The molecule has 0 atom stereocenters. The van der Waals surface area contributed by atoms with Gasteiger partial charge in [-0.05, 0) is 60.4 Å². The second kappa shape index (κ2) is 8.72. The Morgan fingerprint density at radius 3 is 1.35 bits per heavy atom. The Morgan fingerprint density at radius 2 is 0.962 bits per heavy atom. The summed E-state index contributed by atoms with van der Waals surface area (Å²) in [5.41, 5.74) is 6.83. The van der Waals surface area contributed by atoms with Gasteiger partial charge in [-0.1, -0.05) is 48.6 Å². The molecule has 0 heterocycles. The third kappa shape index (κ3) is 4.42. The molecule has 0 saturated carbocycles. The maximum Gasteiger partial charge on any atom is 0.0419 e. The molecular weight excluding hydrogens is 316 g/mol. The molecule has 26 heavy (non-hydrogen) atoms. The molecule has 0 saturated heterocycles. The summed E-state index contributed by atoms with van der Waals surface area (Å²) in [7, 11) is 0. The van der Waals surface area contributed by atoms with Gasteiger partial charge in [-0.25, -0.2) is 0 Å². The van der Waals surface area contributed by atoms with Gasteiger partial charge in [-0.3, -0.25) is 0 Å². The normalized spacial score (nSPS) is 10.2. The van der Waals surface area contributed by atoms with Gasteiger partial charge in [-0.2, -0.15) is 0 Å². The van der Waals surface area contributed by atoms with E-state index in [1.165, 1.54) is 11.1 Å². The Hall–Kier alpha value is -3.26. The summed E-state index contributed by atoms with van der Waals surface area (Å²) in [4.78, 5) is 0. The molecule has 0 aliphatic rings. The summed E-state index contributed by atoms with van der Waals surface area (Å²) in [5, 5.41) is 6.98. The van der Waals surface area contributed by atoms with E-state index in [0.717, 1.165) is 35.6 Å². The molecular formula is C24H24N2. The molecule has 3 aromatic carbocycles. The summed E-state index contributed by atoms with van der Waals surface area (Å²) in [5.74, 6) is 0. The Bertz CT molecular complexity index is 804. The number of nitrogens with one attached hydrogen (secondary N) is 2. The van der Waals surface area contributed by atoms with Crippen LogP contribution in [0.1, 0.15) is 11.1 Å². The molecule has 0 unspecified atom stereocenters. The molecule has 130 valence electrons. The van der Waals surface area contributed by atoms with Crippen LogP contribution in [0, 0.1) is 0 Å². The zero-order valence-electron chi connectivity index (χ0n) is 14.9. The van der Waals surface area contributed by atoms with Crippen LogP contribution in [0.2, 0.25) is 0 Å². The molecule has 3 rings (SSSR count). The molecule has 0 spiro atoms. The molecule has 2 nitrogen and oxygen atoms in total. The van der Waals surface area contributed by atoms with Crippen molar-refractivity contribution < 1.29 is 0 Å². The summed E-state index contributed by atoms with van der Waals surface area (Å²) in [6.45, 7) is 7.67. The van der Waals surface area contributed by atoms with Crippen molar-refractivity contribution in [3.63, 3.8) is 0 Å². The van der Waals surface area contributed by atoms with Gasteiger partial charge in [0.1, 0.15) is 0 Å². The van der Waals surface area contributed by atoms with E-state index >= 15 is 0 Å². The van der Waals surface area contributed by atoms with Crippen molar-refractivity contribution in [3.8, 4) is 0 Å².